The summed E-state index contributed by atoms with van der Waals surface area (Å²) in [7, 11) is 1.46. The predicted molar refractivity (Wildman–Crippen MR) is 44.9 cm³/mol. The van der Waals surface area contributed by atoms with E-state index in [0.29, 0.717) is 11.3 Å². The molecule has 1 rings (SSSR count). The number of rotatable bonds is 3. The topological polar surface area (TPSA) is 65.2 Å². The van der Waals surface area contributed by atoms with Crippen LogP contribution in [0.15, 0.2) is 18.5 Å². The average Bonchev–Trinajstić information content (AvgIpc) is 2.05. The van der Waals surface area contributed by atoms with E-state index in [9.17, 15) is 4.79 Å². The Morgan fingerprint density at radius 2 is 2.50 bits per heavy atom. The van der Waals surface area contributed by atoms with Gasteiger partial charge in [-0.05, 0) is 6.07 Å². The van der Waals surface area contributed by atoms with E-state index < -0.39 is 0 Å². The first kappa shape index (κ1) is 8.67. The van der Waals surface area contributed by atoms with Crippen molar-refractivity contribution in [3.63, 3.8) is 0 Å². The van der Waals surface area contributed by atoms with Crippen molar-refractivity contribution in [2.75, 3.05) is 19.5 Å². The van der Waals surface area contributed by atoms with Gasteiger partial charge in [0.15, 0.2) is 5.78 Å². The maximum atomic E-state index is 11.2. The van der Waals surface area contributed by atoms with Crippen LogP contribution >= 0.6 is 0 Å². The Labute approximate surface area is 70.4 Å². The van der Waals surface area contributed by atoms with Gasteiger partial charge < -0.3 is 10.5 Å². The number of ketones is 1. The Balaban J connectivity index is 2.87. The quantitative estimate of drug-likeness (QED) is 0.664. The number of Topliss-reactive ketones (excluding diaryl/α,β-unsaturated/α-hetero) is 1. The fourth-order valence-corrected chi connectivity index (χ4v) is 0.847. The normalized spacial score (nSPS) is 9.75. The van der Waals surface area contributed by atoms with Gasteiger partial charge in [-0.25, -0.2) is 0 Å². The van der Waals surface area contributed by atoms with E-state index in [4.69, 9.17) is 5.73 Å². The minimum Gasteiger partial charge on any atom is -0.398 e. The number of nitrogens with two attached hydrogens (primary N) is 1. The minimum atomic E-state index is -0.150. The lowest BCUT2D eigenvalue weighted by Crippen LogP contribution is -2.09. The summed E-state index contributed by atoms with van der Waals surface area (Å²) in [5.41, 5.74) is 6.39. The number of pyridine rings is 1. The number of anilines is 1. The third kappa shape index (κ3) is 1.79. The average molecular weight is 166 g/mol. The van der Waals surface area contributed by atoms with Gasteiger partial charge in [0.05, 0.1) is 5.56 Å². The van der Waals surface area contributed by atoms with Crippen LogP contribution in [0.4, 0.5) is 5.69 Å². The molecule has 0 saturated heterocycles. The summed E-state index contributed by atoms with van der Waals surface area (Å²) < 4.78 is 4.68. The smallest absolute Gasteiger partial charge is 0.192 e. The summed E-state index contributed by atoms with van der Waals surface area (Å²) >= 11 is 0. The SMILES string of the molecule is COCC(=O)c1cnccc1N. The van der Waals surface area contributed by atoms with Gasteiger partial charge in [-0.15, -0.1) is 0 Å². The maximum absolute atomic E-state index is 11.2. The number of hydrogen-bond donors (Lipinski definition) is 1. The Morgan fingerprint density at radius 3 is 3.08 bits per heavy atom. The van der Waals surface area contributed by atoms with Crippen LogP contribution in [0, 0.1) is 0 Å². The molecule has 0 amide bonds. The van der Waals surface area contributed by atoms with Crippen molar-refractivity contribution in [3.8, 4) is 0 Å². The first-order chi connectivity index (χ1) is 5.75. The second-order valence-corrected chi connectivity index (χ2v) is 2.32. The minimum absolute atomic E-state index is 0.0376. The molecule has 2 N–H and O–H groups in total. The highest BCUT2D eigenvalue weighted by atomic mass is 16.5. The van der Waals surface area contributed by atoms with Crippen LogP contribution in [0.5, 0.6) is 0 Å². The fraction of sp³-hybridized carbons (Fsp3) is 0.250. The van der Waals surface area contributed by atoms with Gasteiger partial charge in [0, 0.05) is 25.2 Å². The molecule has 12 heavy (non-hydrogen) atoms. The molecule has 0 atom stereocenters. The number of ether oxygens (including phenoxy) is 1. The number of hydrogen-bond acceptors (Lipinski definition) is 4. The molecule has 1 heterocycles. The predicted octanol–water partition coefficient (Wildman–Crippen LogP) is 0.493. The number of nitrogen functional groups attached to an aromatic ring is 1. The van der Waals surface area contributed by atoms with E-state index >= 15 is 0 Å². The highest BCUT2D eigenvalue weighted by Crippen LogP contribution is 2.08. The van der Waals surface area contributed by atoms with Crippen LogP contribution in [0.25, 0.3) is 0 Å². The first-order valence-electron chi connectivity index (χ1n) is 3.47. The molecule has 4 nitrogen and oxygen atoms in total. The van der Waals surface area contributed by atoms with Gasteiger partial charge in [0.2, 0.25) is 0 Å². The summed E-state index contributed by atoms with van der Waals surface area (Å²) in [6.45, 7) is 0.0376. The molecule has 64 valence electrons. The lowest BCUT2D eigenvalue weighted by Gasteiger charge is -2.01. The summed E-state index contributed by atoms with van der Waals surface area (Å²) in [4.78, 5) is 15.0. The van der Waals surface area contributed by atoms with Crippen molar-refractivity contribution in [1.82, 2.24) is 4.98 Å². The molecule has 0 bridgehead atoms. The van der Waals surface area contributed by atoms with Crippen molar-refractivity contribution in [2.45, 2.75) is 0 Å². The molecule has 0 fully saturated rings. The number of carbonyl (C=O) groups is 1. The molecule has 0 aliphatic heterocycles. The lowest BCUT2D eigenvalue weighted by molar-refractivity contribution is 0.0848. The third-order valence-corrected chi connectivity index (χ3v) is 1.43. The van der Waals surface area contributed by atoms with Gasteiger partial charge in [0.1, 0.15) is 6.61 Å². The molecular weight excluding hydrogens is 156 g/mol. The largest absolute Gasteiger partial charge is 0.398 e. The van der Waals surface area contributed by atoms with Crippen molar-refractivity contribution < 1.29 is 9.53 Å². The van der Waals surface area contributed by atoms with Gasteiger partial charge in [-0.3, -0.25) is 9.78 Å². The van der Waals surface area contributed by atoms with Gasteiger partial charge in [0.25, 0.3) is 0 Å². The Morgan fingerprint density at radius 1 is 1.75 bits per heavy atom. The van der Waals surface area contributed by atoms with E-state index in [1.807, 2.05) is 0 Å². The van der Waals surface area contributed by atoms with E-state index in [0.717, 1.165) is 0 Å². The van der Waals surface area contributed by atoms with E-state index in [2.05, 4.69) is 9.72 Å². The van der Waals surface area contributed by atoms with Crippen molar-refractivity contribution in [3.05, 3.63) is 24.0 Å². The van der Waals surface area contributed by atoms with Gasteiger partial charge >= 0.3 is 0 Å². The van der Waals surface area contributed by atoms with Crippen molar-refractivity contribution >= 4 is 11.5 Å². The van der Waals surface area contributed by atoms with Gasteiger partial charge in [-0.1, -0.05) is 0 Å². The van der Waals surface area contributed by atoms with E-state index in [-0.39, 0.29) is 12.4 Å². The molecule has 0 spiro atoms. The zero-order valence-electron chi connectivity index (χ0n) is 6.78. The van der Waals surface area contributed by atoms with Gasteiger partial charge in [-0.2, -0.15) is 0 Å². The third-order valence-electron chi connectivity index (χ3n) is 1.43. The molecule has 4 heteroatoms. The standard InChI is InChI=1S/C8H10N2O2/c1-12-5-8(11)6-4-10-3-2-7(6)9/h2-4H,5H2,1H3,(H2,9,10). The lowest BCUT2D eigenvalue weighted by atomic mass is 10.2. The van der Waals surface area contributed by atoms with Crippen molar-refractivity contribution in [1.29, 1.82) is 0 Å². The maximum Gasteiger partial charge on any atom is 0.192 e. The Bertz CT molecular complexity index is 286. The number of carbonyl (C=O) groups excluding carboxylic acids is 1. The van der Waals surface area contributed by atoms with Crippen LogP contribution in [-0.2, 0) is 4.74 Å². The van der Waals surface area contributed by atoms with Crippen LogP contribution in [0.3, 0.4) is 0 Å². The number of aromatic nitrogens is 1. The highest BCUT2D eigenvalue weighted by Gasteiger charge is 2.07. The molecule has 0 unspecified atom stereocenters. The van der Waals surface area contributed by atoms with Crippen LogP contribution < -0.4 is 5.73 Å². The molecule has 1 aromatic rings. The van der Waals surface area contributed by atoms with E-state index in [1.165, 1.54) is 13.3 Å². The number of nitrogens with zero attached hydrogens (tertiary/aromatic N) is 1. The molecule has 0 saturated carbocycles. The fourth-order valence-electron chi connectivity index (χ4n) is 0.847. The molecule has 0 aliphatic rings. The summed E-state index contributed by atoms with van der Waals surface area (Å²) in [6.07, 6.45) is 2.98. The van der Waals surface area contributed by atoms with Crippen LogP contribution in [0.1, 0.15) is 10.4 Å². The van der Waals surface area contributed by atoms with Crippen molar-refractivity contribution in [2.24, 2.45) is 0 Å². The molecule has 0 aliphatic carbocycles. The Hall–Kier alpha value is -1.42. The molecule has 0 radical (unpaired) electrons. The Kier molecular flexibility index (Phi) is 2.76. The van der Waals surface area contributed by atoms with Crippen LogP contribution in [0.2, 0.25) is 0 Å². The summed E-state index contributed by atoms with van der Waals surface area (Å²) in [5.74, 6) is -0.150. The summed E-state index contributed by atoms with van der Waals surface area (Å²) in [6, 6.07) is 1.59. The zero-order valence-corrected chi connectivity index (χ0v) is 6.78. The first-order valence-corrected chi connectivity index (χ1v) is 3.47. The monoisotopic (exact) mass is 166 g/mol. The molecule has 1 aromatic heterocycles. The zero-order chi connectivity index (χ0) is 8.97. The summed E-state index contributed by atoms with van der Waals surface area (Å²) in [5, 5.41) is 0. The van der Waals surface area contributed by atoms with Crippen LogP contribution in [-0.4, -0.2) is 24.5 Å². The second-order valence-electron chi connectivity index (χ2n) is 2.32. The molecular formula is C8H10N2O2. The highest BCUT2D eigenvalue weighted by molar-refractivity contribution is 6.01. The second kappa shape index (κ2) is 3.82. The number of methoxy groups -OCH3 is 1. The molecule has 0 aromatic carbocycles. The van der Waals surface area contributed by atoms with E-state index in [1.54, 1.807) is 12.3 Å².